The van der Waals surface area contributed by atoms with Gasteiger partial charge in [0.2, 0.25) is 0 Å². The lowest BCUT2D eigenvalue weighted by Crippen LogP contribution is -1.90. The maximum absolute atomic E-state index is 5.74. The van der Waals surface area contributed by atoms with E-state index in [0.29, 0.717) is 5.76 Å². The van der Waals surface area contributed by atoms with Crippen LogP contribution in [0.2, 0.25) is 0 Å². The molecule has 94 valence electrons. The molecule has 1 rings (SSSR count). The van der Waals surface area contributed by atoms with E-state index in [1.165, 1.54) is 0 Å². The number of hydrogen-bond acceptors (Lipinski definition) is 2. The van der Waals surface area contributed by atoms with Crippen LogP contribution in [0.3, 0.4) is 0 Å². The van der Waals surface area contributed by atoms with Gasteiger partial charge < -0.3 is 9.47 Å². The van der Waals surface area contributed by atoms with Crippen molar-refractivity contribution < 1.29 is 9.47 Å². The number of allylic oxidation sites excluding steroid dienone is 8. The summed E-state index contributed by atoms with van der Waals surface area (Å²) < 4.78 is 10.7. The second-order valence-corrected chi connectivity index (χ2v) is 3.68. The Morgan fingerprint density at radius 1 is 1.33 bits per heavy atom. The summed E-state index contributed by atoms with van der Waals surface area (Å²) in [4.78, 5) is 0. The monoisotopic (exact) mass is 242 g/mol. The molecule has 0 atom stereocenters. The van der Waals surface area contributed by atoms with Crippen molar-refractivity contribution in [1.82, 2.24) is 0 Å². The first-order chi connectivity index (χ1) is 8.76. The first-order valence-electron chi connectivity index (χ1n) is 5.77. The lowest BCUT2D eigenvalue weighted by atomic mass is 10.2. The fourth-order valence-corrected chi connectivity index (χ4v) is 1.30. The molecule has 0 heterocycles. The molecule has 0 bridgehead atoms. The van der Waals surface area contributed by atoms with Gasteiger partial charge in [-0.25, -0.2) is 0 Å². The Balaban J connectivity index is 2.80. The predicted molar refractivity (Wildman–Crippen MR) is 74.6 cm³/mol. The third kappa shape index (κ3) is 5.24. The Kier molecular flexibility index (Phi) is 6.16. The maximum atomic E-state index is 5.74. The van der Waals surface area contributed by atoms with E-state index in [2.05, 4.69) is 5.73 Å². The second-order valence-electron chi connectivity index (χ2n) is 3.68. The van der Waals surface area contributed by atoms with Gasteiger partial charge in [-0.05, 0) is 49.8 Å². The molecule has 2 nitrogen and oxygen atoms in total. The fraction of sp³-hybridized carbons (Fsp3) is 0.188. The minimum Gasteiger partial charge on any atom is -0.500 e. The molecule has 0 amide bonds. The molecule has 0 aliphatic heterocycles. The fourth-order valence-electron chi connectivity index (χ4n) is 1.30. The van der Waals surface area contributed by atoms with Crippen LogP contribution in [-0.2, 0) is 9.47 Å². The topological polar surface area (TPSA) is 18.5 Å². The summed E-state index contributed by atoms with van der Waals surface area (Å²) in [6.07, 6.45) is 16.7. The summed E-state index contributed by atoms with van der Waals surface area (Å²) in [7, 11) is 1.59. The van der Waals surface area contributed by atoms with Crippen LogP contribution in [-0.4, -0.2) is 7.11 Å². The zero-order chi connectivity index (χ0) is 13.2. The van der Waals surface area contributed by atoms with Crippen molar-refractivity contribution in [3.05, 3.63) is 77.7 Å². The highest BCUT2D eigenvalue weighted by atomic mass is 16.5. The molecule has 0 aromatic rings. The average Bonchev–Trinajstić information content (AvgIpc) is 2.54. The van der Waals surface area contributed by atoms with Crippen LogP contribution < -0.4 is 0 Å². The van der Waals surface area contributed by atoms with E-state index in [1.54, 1.807) is 13.4 Å². The maximum Gasteiger partial charge on any atom is 0.161 e. The molecule has 0 radical (unpaired) electrons. The lowest BCUT2D eigenvalue weighted by Gasteiger charge is -2.06. The van der Waals surface area contributed by atoms with E-state index in [4.69, 9.17) is 9.47 Å². The number of ether oxygens (including phenoxy) is 2. The van der Waals surface area contributed by atoms with Crippen molar-refractivity contribution >= 4 is 0 Å². The molecule has 1 aliphatic carbocycles. The molecule has 0 aromatic heterocycles. The predicted octanol–water partition coefficient (Wildman–Crippen LogP) is 4.18. The van der Waals surface area contributed by atoms with Crippen molar-refractivity contribution in [2.45, 2.75) is 13.8 Å². The Morgan fingerprint density at radius 2 is 2.17 bits per heavy atom. The molecule has 1 aliphatic rings. The quantitative estimate of drug-likeness (QED) is 0.409. The van der Waals surface area contributed by atoms with Crippen LogP contribution in [0, 0.1) is 0 Å². The summed E-state index contributed by atoms with van der Waals surface area (Å²) >= 11 is 0. The van der Waals surface area contributed by atoms with Crippen molar-refractivity contribution in [3.63, 3.8) is 0 Å². The van der Waals surface area contributed by atoms with Gasteiger partial charge in [0.15, 0.2) is 5.76 Å². The zero-order valence-corrected chi connectivity index (χ0v) is 11.0. The van der Waals surface area contributed by atoms with E-state index in [1.807, 2.05) is 62.5 Å². The van der Waals surface area contributed by atoms with Crippen molar-refractivity contribution in [2.75, 3.05) is 7.11 Å². The van der Waals surface area contributed by atoms with Crippen LogP contribution in [0.5, 0.6) is 0 Å². The van der Waals surface area contributed by atoms with Gasteiger partial charge in [-0.15, -0.1) is 5.73 Å². The smallest absolute Gasteiger partial charge is 0.161 e. The Hall–Kier alpha value is -2.18. The highest BCUT2D eigenvalue weighted by Gasteiger charge is 2.00. The molecular weight excluding hydrogens is 224 g/mol. The summed E-state index contributed by atoms with van der Waals surface area (Å²) in [5.41, 5.74) is 4.12. The zero-order valence-electron chi connectivity index (χ0n) is 11.0. The largest absolute Gasteiger partial charge is 0.500 e. The SMILES string of the molecule is C\C=C/C=C\C(=C\OC)OC1=CC=C=CC(C)=C1. The van der Waals surface area contributed by atoms with E-state index >= 15 is 0 Å². The lowest BCUT2D eigenvalue weighted by molar-refractivity contribution is 0.277. The molecule has 18 heavy (non-hydrogen) atoms. The van der Waals surface area contributed by atoms with Gasteiger partial charge in [0.05, 0.1) is 7.11 Å². The van der Waals surface area contributed by atoms with Crippen molar-refractivity contribution in [1.29, 1.82) is 0 Å². The van der Waals surface area contributed by atoms with Gasteiger partial charge in [-0.2, -0.15) is 0 Å². The van der Waals surface area contributed by atoms with Gasteiger partial charge in [-0.3, -0.25) is 0 Å². The first-order valence-corrected chi connectivity index (χ1v) is 5.77. The third-order valence-corrected chi connectivity index (χ3v) is 2.06. The van der Waals surface area contributed by atoms with Gasteiger partial charge in [0.1, 0.15) is 12.0 Å². The normalized spacial score (nSPS) is 15.8. The Morgan fingerprint density at radius 3 is 2.89 bits per heavy atom. The number of methoxy groups -OCH3 is 1. The molecular formula is C16H18O2. The van der Waals surface area contributed by atoms with Crippen LogP contribution in [0.4, 0.5) is 0 Å². The Labute approximate surface area is 109 Å². The van der Waals surface area contributed by atoms with Gasteiger partial charge in [-0.1, -0.05) is 18.2 Å². The second kappa shape index (κ2) is 7.99. The number of hydrogen-bond donors (Lipinski definition) is 0. The van der Waals surface area contributed by atoms with Crippen molar-refractivity contribution in [2.24, 2.45) is 0 Å². The van der Waals surface area contributed by atoms with Crippen molar-refractivity contribution in [3.8, 4) is 0 Å². The average molecular weight is 242 g/mol. The summed E-state index contributed by atoms with van der Waals surface area (Å²) in [5.74, 6) is 1.39. The first kappa shape index (κ1) is 13.9. The van der Waals surface area contributed by atoms with Crippen LogP contribution in [0.25, 0.3) is 0 Å². The molecule has 0 saturated carbocycles. The summed E-state index contributed by atoms with van der Waals surface area (Å²) in [5, 5.41) is 0. The van der Waals surface area contributed by atoms with Crippen LogP contribution in [0.15, 0.2) is 77.7 Å². The minimum absolute atomic E-state index is 0.640. The van der Waals surface area contributed by atoms with Crippen LogP contribution >= 0.6 is 0 Å². The highest BCUT2D eigenvalue weighted by Crippen LogP contribution is 2.14. The Bertz CT molecular complexity index is 479. The van der Waals surface area contributed by atoms with Gasteiger partial charge in [0, 0.05) is 0 Å². The van der Waals surface area contributed by atoms with E-state index in [-0.39, 0.29) is 0 Å². The van der Waals surface area contributed by atoms with Gasteiger partial charge >= 0.3 is 0 Å². The van der Waals surface area contributed by atoms with E-state index < -0.39 is 0 Å². The number of rotatable bonds is 5. The molecule has 0 fully saturated rings. The highest BCUT2D eigenvalue weighted by molar-refractivity contribution is 5.33. The standard InChI is InChI=1S/C16H18O2/c1-4-5-6-11-16(13-17-3)18-15-10-8-7-9-14(2)12-15/h4-6,8-13H,1-3H3/b5-4-,11-6-,16-13-. The summed E-state index contributed by atoms with van der Waals surface area (Å²) in [6, 6.07) is 0. The molecule has 0 N–H and O–H groups in total. The van der Waals surface area contributed by atoms with Gasteiger partial charge in [0.25, 0.3) is 0 Å². The molecule has 0 spiro atoms. The summed E-state index contributed by atoms with van der Waals surface area (Å²) in [6.45, 7) is 3.96. The van der Waals surface area contributed by atoms with E-state index in [9.17, 15) is 0 Å². The molecule has 0 aromatic carbocycles. The third-order valence-electron chi connectivity index (χ3n) is 2.06. The molecule has 0 saturated heterocycles. The van der Waals surface area contributed by atoms with Crippen LogP contribution in [0.1, 0.15) is 13.8 Å². The molecule has 0 unspecified atom stereocenters. The molecule has 2 heteroatoms. The van der Waals surface area contributed by atoms with E-state index in [0.717, 1.165) is 11.3 Å². The minimum atomic E-state index is 0.640.